The zero-order chi connectivity index (χ0) is 15.1. The molecule has 0 heterocycles. The van der Waals surface area contributed by atoms with Gasteiger partial charge in [0.15, 0.2) is 0 Å². The van der Waals surface area contributed by atoms with Crippen molar-refractivity contribution in [3.8, 4) is 0 Å². The summed E-state index contributed by atoms with van der Waals surface area (Å²) in [5, 5.41) is 11.3. The van der Waals surface area contributed by atoms with Crippen molar-refractivity contribution in [1.29, 1.82) is 0 Å². The Morgan fingerprint density at radius 3 is 2.55 bits per heavy atom. The number of rotatable bonds is 8. The van der Waals surface area contributed by atoms with Gasteiger partial charge >= 0.3 is 0 Å². The lowest BCUT2D eigenvalue weighted by Gasteiger charge is -2.25. The fourth-order valence-corrected chi connectivity index (χ4v) is 2.62. The predicted octanol–water partition coefficient (Wildman–Crippen LogP) is 4.78. The fourth-order valence-electron chi connectivity index (χ4n) is 2.19. The molecule has 20 heavy (non-hydrogen) atoms. The Bertz CT molecular complexity index is 411. The molecule has 0 radical (unpaired) electrons. The average molecular weight is 318 g/mol. The molecule has 0 aliphatic carbocycles. The summed E-state index contributed by atoms with van der Waals surface area (Å²) in [6, 6.07) is 5.40. The Hall–Kier alpha value is -0.280. The Balaban J connectivity index is 2.57. The highest BCUT2D eigenvalue weighted by atomic mass is 35.5. The van der Waals surface area contributed by atoms with Gasteiger partial charge in [-0.25, -0.2) is 0 Å². The lowest BCUT2D eigenvalue weighted by Crippen LogP contribution is -2.30. The highest BCUT2D eigenvalue weighted by Gasteiger charge is 2.15. The van der Waals surface area contributed by atoms with Gasteiger partial charge in [0.2, 0.25) is 0 Å². The predicted molar refractivity (Wildman–Crippen MR) is 87.6 cm³/mol. The van der Waals surface area contributed by atoms with Gasteiger partial charge in [0, 0.05) is 18.7 Å². The molecule has 0 saturated heterocycles. The second-order valence-corrected chi connectivity index (χ2v) is 6.14. The third-order valence-corrected chi connectivity index (χ3v) is 4.61. The number of aliphatic hydroxyl groups excluding tert-OH is 1. The Kier molecular flexibility index (Phi) is 7.90. The molecule has 114 valence electrons. The van der Waals surface area contributed by atoms with E-state index in [1.807, 2.05) is 12.1 Å². The zero-order valence-corrected chi connectivity index (χ0v) is 14.1. The maximum Gasteiger partial charge on any atom is 0.0817 e. The summed E-state index contributed by atoms with van der Waals surface area (Å²) >= 11 is 12.1. The first-order chi connectivity index (χ1) is 9.49. The molecule has 1 aromatic rings. The maximum atomic E-state index is 10.3. The number of hydrogen-bond acceptors (Lipinski definition) is 2. The van der Waals surface area contributed by atoms with Crippen molar-refractivity contribution in [3.05, 3.63) is 33.8 Å². The van der Waals surface area contributed by atoms with Crippen LogP contribution < -0.4 is 0 Å². The van der Waals surface area contributed by atoms with Gasteiger partial charge < -0.3 is 10.0 Å². The van der Waals surface area contributed by atoms with Crippen LogP contribution in [-0.2, 0) is 0 Å². The van der Waals surface area contributed by atoms with Crippen LogP contribution >= 0.6 is 23.2 Å². The minimum atomic E-state index is -0.563. The van der Waals surface area contributed by atoms with Crippen molar-refractivity contribution in [2.75, 3.05) is 19.6 Å². The van der Waals surface area contributed by atoms with Crippen molar-refractivity contribution in [1.82, 2.24) is 4.90 Å². The van der Waals surface area contributed by atoms with Crippen molar-refractivity contribution >= 4 is 23.2 Å². The van der Waals surface area contributed by atoms with Crippen LogP contribution in [0.25, 0.3) is 0 Å². The van der Waals surface area contributed by atoms with Crippen molar-refractivity contribution < 1.29 is 5.11 Å². The van der Waals surface area contributed by atoms with Gasteiger partial charge in [0.1, 0.15) is 0 Å². The topological polar surface area (TPSA) is 23.5 Å². The van der Waals surface area contributed by atoms with E-state index in [2.05, 4.69) is 25.7 Å². The molecule has 1 rings (SSSR count). The normalized spacial score (nSPS) is 14.6. The monoisotopic (exact) mass is 317 g/mol. The van der Waals surface area contributed by atoms with Crippen molar-refractivity contribution in [2.24, 2.45) is 5.92 Å². The number of aliphatic hydroxyl groups is 1. The lowest BCUT2D eigenvalue weighted by atomic mass is 10.1. The van der Waals surface area contributed by atoms with Gasteiger partial charge in [0.25, 0.3) is 0 Å². The van der Waals surface area contributed by atoms with Gasteiger partial charge in [-0.15, -0.1) is 0 Å². The Morgan fingerprint density at radius 2 is 1.95 bits per heavy atom. The van der Waals surface area contributed by atoms with Gasteiger partial charge in [-0.2, -0.15) is 0 Å². The molecule has 0 aromatic heterocycles. The van der Waals surface area contributed by atoms with E-state index < -0.39 is 6.10 Å². The van der Waals surface area contributed by atoms with Crippen LogP contribution in [0.3, 0.4) is 0 Å². The number of hydrogen-bond donors (Lipinski definition) is 1. The summed E-state index contributed by atoms with van der Waals surface area (Å²) in [7, 11) is 0. The molecule has 1 N–H and O–H groups in total. The Morgan fingerprint density at radius 1 is 1.25 bits per heavy atom. The van der Waals surface area contributed by atoms with Crippen molar-refractivity contribution in [2.45, 2.75) is 39.7 Å². The smallest absolute Gasteiger partial charge is 0.0817 e. The molecule has 0 aliphatic heterocycles. The molecule has 0 aliphatic rings. The van der Waals surface area contributed by atoms with Crippen LogP contribution in [0.4, 0.5) is 0 Å². The standard InChI is InChI=1S/C16H25Cl2NO/c1-4-12(3)11-19(5-2)10-9-15(20)13-7-6-8-14(17)16(13)18/h6-8,12,15,20H,4-5,9-11H2,1-3H3. The first-order valence-electron chi connectivity index (χ1n) is 7.33. The van der Waals surface area contributed by atoms with E-state index in [0.29, 0.717) is 22.4 Å². The second-order valence-electron chi connectivity index (χ2n) is 5.35. The minimum Gasteiger partial charge on any atom is -0.388 e. The number of nitrogens with zero attached hydrogens (tertiary/aromatic N) is 1. The largest absolute Gasteiger partial charge is 0.388 e. The second kappa shape index (κ2) is 8.89. The molecular weight excluding hydrogens is 293 g/mol. The third-order valence-electron chi connectivity index (χ3n) is 3.77. The fraction of sp³-hybridized carbons (Fsp3) is 0.625. The summed E-state index contributed by atoms with van der Waals surface area (Å²) in [5.41, 5.74) is 0.721. The first-order valence-corrected chi connectivity index (χ1v) is 8.09. The summed E-state index contributed by atoms with van der Waals surface area (Å²) in [4.78, 5) is 2.37. The molecule has 0 amide bonds. The summed E-state index contributed by atoms with van der Waals surface area (Å²) in [5.74, 6) is 0.682. The minimum absolute atomic E-state index is 0.464. The van der Waals surface area contributed by atoms with Crippen molar-refractivity contribution in [3.63, 3.8) is 0 Å². The third kappa shape index (κ3) is 5.25. The zero-order valence-electron chi connectivity index (χ0n) is 12.6. The molecule has 0 bridgehead atoms. The highest BCUT2D eigenvalue weighted by Crippen LogP contribution is 2.31. The van der Waals surface area contributed by atoms with Crippen LogP contribution in [0.1, 0.15) is 45.3 Å². The van der Waals surface area contributed by atoms with E-state index >= 15 is 0 Å². The van der Waals surface area contributed by atoms with Crippen LogP contribution in [0.5, 0.6) is 0 Å². The number of benzene rings is 1. The van der Waals surface area contributed by atoms with E-state index in [4.69, 9.17) is 23.2 Å². The highest BCUT2D eigenvalue weighted by molar-refractivity contribution is 6.42. The van der Waals surface area contributed by atoms with Gasteiger partial charge in [0.05, 0.1) is 16.1 Å². The van der Waals surface area contributed by atoms with E-state index in [1.54, 1.807) is 6.07 Å². The molecule has 2 nitrogen and oxygen atoms in total. The van der Waals surface area contributed by atoms with Gasteiger partial charge in [-0.3, -0.25) is 0 Å². The molecule has 0 fully saturated rings. The molecular formula is C16H25Cl2NO. The summed E-state index contributed by atoms with van der Waals surface area (Å²) < 4.78 is 0. The van der Waals surface area contributed by atoms with E-state index in [1.165, 1.54) is 6.42 Å². The molecule has 0 spiro atoms. The lowest BCUT2D eigenvalue weighted by molar-refractivity contribution is 0.138. The van der Waals surface area contributed by atoms with E-state index in [0.717, 1.165) is 25.2 Å². The number of halogens is 2. The molecule has 2 atom stereocenters. The van der Waals surface area contributed by atoms with Crippen LogP contribution in [0.15, 0.2) is 18.2 Å². The SMILES string of the molecule is CCC(C)CN(CC)CCC(O)c1cccc(Cl)c1Cl. The van der Waals surface area contributed by atoms with Gasteiger partial charge in [-0.05, 0) is 24.9 Å². The van der Waals surface area contributed by atoms with Crippen LogP contribution in [-0.4, -0.2) is 29.6 Å². The van der Waals surface area contributed by atoms with Gasteiger partial charge in [-0.1, -0.05) is 62.5 Å². The summed E-state index contributed by atoms with van der Waals surface area (Å²) in [6.45, 7) is 9.56. The maximum absolute atomic E-state index is 10.3. The first kappa shape index (κ1) is 17.8. The molecule has 1 aromatic carbocycles. The quantitative estimate of drug-likeness (QED) is 0.745. The van der Waals surface area contributed by atoms with E-state index in [9.17, 15) is 5.11 Å². The summed E-state index contributed by atoms with van der Waals surface area (Å²) in [6.07, 6.45) is 1.29. The van der Waals surface area contributed by atoms with E-state index in [-0.39, 0.29) is 0 Å². The molecule has 0 saturated carbocycles. The average Bonchev–Trinajstić information content (AvgIpc) is 2.45. The van der Waals surface area contributed by atoms with Crippen LogP contribution in [0.2, 0.25) is 10.0 Å². The van der Waals surface area contributed by atoms with Crippen LogP contribution in [0, 0.1) is 5.92 Å². The Labute approximate surface area is 132 Å². The molecule has 4 heteroatoms. The molecule has 2 unspecified atom stereocenters.